The first-order valence-electron chi connectivity index (χ1n) is 16.4. The van der Waals surface area contributed by atoms with Crippen molar-refractivity contribution in [1.82, 2.24) is 14.2 Å². The molecule has 10 heteroatoms. The molecule has 2 N–H and O–H groups in total. The Hall–Kier alpha value is -4.15. The summed E-state index contributed by atoms with van der Waals surface area (Å²) in [6, 6.07) is 32.6. The zero-order valence-electron chi connectivity index (χ0n) is 26.7. The Labute approximate surface area is 287 Å². The van der Waals surface area contributed by atoms with Crippen LogP contribution >= 0.6 is 11.6 Å². The van der Waals surface area contributed by atoms with Gasteiger partial charge in [-0.3, -0.25) is 0 Å². The Bertz CT molecular complexity index is 1900. The first-order chi connectivity index (χ1) is 23.3. The molecule has 5 aromatic rings. The Balaban J connectivity index is 1.37. The van der Waals surface area contributed by atoms with Gasteiger partial charge in [0, 0.05) is 42.0 Å². The second-order valence-corrected chi connectivity index (χ2v) is 14.5. The number of rotatable bonds is 15. The van der Waals surface area contributed by atoms with Gasteiger partial charge in [-0.2, -0.15) is 0 Å². The summed E-state index contributed by atoms with van der Waals surface area (Å²) in [5.41, 5.74) is 5.38. The van der Waals surface area contributed by atoms with Crippen molar-refractivity contribution in [2.45, 2.75) is 31.7 Å². The number of aromatic nitrogens is 1. The van der Waals surface area contributed by atoms with Crippen molar-refractivity contribution in [3.8, 4) is 5.75 Å². The molecule has 6 rings (SSSR count). The molecule has 1 saturated heterocycles. The maximum Gasteiger partial charge on any atom is 0.335 e. The van der Waals surface area contributed by atoms with Crippen molar-refractivity contribution >= 4 is 38.5 Å². The van der Waals surface area contributed by atoms with E-state index < -0.39 is 16.0 Å². The Morgan fingerprint density at radius 2 is 1.52 bits per heavy atom. The maximum atomic E-state index is 13.1. The molecule has 1 fully saturated rings. The van der Waals surface area contributed by atoms with Gasteiger partial charge >= 0.3 is 5.97 Å². The van der Waals surface area contributed by atoms with Gasteiger partial charge in [0.25, 0.3) is 0 Å². The molecule has 8 nitrogen and oxygen atoms in total. The van der Waals surface area contributed by atoms with Crippen LogP contribution < -0.4 is 9.46 Å². The van der Waals surface area contributed by atoms with E-state index in [1.807, 2.05) is 54.6 Å². The van der Waals surface area contributed by atoms with Gasteiger partial charge in [-0.1, -0.05) is 78.3 Å². The summed E-state index contributed by atoms with van der Waals surface area (Å²) < 4.78 is 37.5. The Kier molecular flexibility index (Phi) is 10.8. The minimum Gasteiger partial charge on any atom is -0.493 e. The standard InChI is InChI=1S/C38H40ClN3O5S/c39-31-15-18-33-34(20-25-47-32-16-13-30(14-17-32)38(43)44)35(19-21-40-48(45,46)26-24-41-22-7-8-23-41)42(36(33)27-31)37(28-9-3-1-4-10-28)29-11-5-2-6-12-29/h1-6,9-18,27,37,40H,7-8,19-26H2,(H,43,44). The molecule has 4 aromatic carbocycles. The highest BCUT2D eigenvalue weighted by Crippen LogP contribution is 2.37. The molecule has 250 valence electrons. The molecule has 0 unspecified atom stereocenters. The highest BCUT2D eigenvalue weighted by molar-refractivity contribution is 7.89. The third-order valence-corrected chi connectivity index (χ3v) is 10.6. The van der Waals surface area contributed by atoms with Crippen molar-refractivity contribution in [2.24, 2.45) is 0 Å². The maximum absolute atomic E-state index is 13.1. The lowest BCUT2D eigenvalue weighted by Gasteiger charge is -2.25. The summed E-state index contributed by atoms with van der Waals surface area (Å²) in [5, 5.41) is 10.9. The van der Waals surface area contributed by atoms with Gasteiger partial charge in [0.2, 0.25) is 10.0 Å². The lowest BCUT2D eigenvalue weighted by molar-refractivity contribution is 0.0697. The number of hydrogen-bond donors (Lipinski definition) is 2. The van der Waals surface area contributed by atoms with Gasteiger partial charge in [-0.05, 0) is 79.0 Å². The van der Waals surface area contributed by atoms with Crippen molar-refractivity contribution in [1.29, 1.82) is 0 Å². The van der Waals surface area contributed by atoms with Crippen molar-refractivity contribution in [2.75, 3.05) is 38.5 Å². The second kappa shape index (κ2) is 15.4. The molecule has 1 aliphatic heterocycles. The predicted molar refractivity (Wildman–Crippen MR) is 191 cm³/mol. The van der Waals surface area contributed by atoms with E-state index in [0.717, 1.165) is 59.2 Å². The first-order valence-corrected chi connectivity index (χ1v) is 18.4. The molecule has 48 heavy (non-hydrogen) atoms. The van der Waals surface area contributed by atoms with E-state index >= 15 is 0 Å². The number of aromatic carboxylic acids is 1. The molecule has 0 radical (unpaired) electrons. The van der Waals surface area contributed by atoms with Gasteiger partial charge in [0.1, 0.15) is 5.75 Å². The number of benzene rings is 4. The third kappa shape index (κ3) is 8.10. The fourth-order valence-electron chi connectivity index (χ4n) is 6.63. The van der Waals surface area contributed by atoms with Crippen LogP contribution in [0.1, 0.15) is 51.6 Å². The van der Waals surface area contributed by atoms with E-state index in [1.165, 1.54) is 12.1 Å². The summed E-state index contributed by atoms with van der Waals surface area (Å²) in [6.07, 6.45) is 3.23. The Morgan fingerprint density at radius 3 is 2.15 bits per heavy atom. The number of likely N-dealkylation sites (tertiary alicyclic amines) is 1. The summed E-state index contributed by atoms with van der Waals surface area (Å²) in [5.74, 6) is -0.342. The van der Waals surface area contributed by atoms with Crippen LogP contribution in [0.3, 0.4) is 0 Å². The molecule has 0 atom stereocenters. The van der Waals surface area contributed by atoms with Crippen LogP contribution in [0.2, 0.25) is 5.02 Å². The SMILES string of the molecule is O=C(O)c1ccc(OCCc2c(CCNS(=O)(=O)CCN3CCCC3)n(C(c3ccccc3)c3ccccc3)c3cc(Cl)ccc23)cc1. The van der Waals surface area contributed by atoms with Crippen LogP contribution in [-0.4, -0.2) is 67.5 Å². The molecule has 0 amide bonds. The number of nitrogens with one attached hydrogen (secondary N) is 1. The van der Waals surface area contributed by atoms with Crippen LogP contribution in [-0.2, 0) is 22.9 Å². The summed E-state index contributed by atoms with van der Waals surface area (Å²) in [4.78, 5) is 13.5. The van der Waals surface area contributed by atoms with Crippen LogP contribution in [0.25, 0.3) is 10.9 Å². The van der Waals surface area contributed by atoms with Gasteiger partial charge in [-0.25, -0.2) is 17.9 Å². The summed E-state index contributed by atoms with van der Waals surface area (Å²) in [6.45, 7) is 3.02. The largest absolute Gasteiger partial charge is 0.493 e. The first kappa shape index (κ1) is 33.7. The quantitative estimate of drug-likeness (QED) is 0.126. The van der Waals surface area contributed by atoms with Gasteiger partial charge in [0.05, 0.1) is 29.5 Å². The average Bonchev–Trinajstić information content (AvgIpc) is 3.72. The number of sulfonamides is 1. The monoisotopic (exact) mass is 685 g/mol. The van der Waals surface area contributed by atoms with Crippen LogP contribution in [0.4, 0.5) is 0 Å². The third-order valence-electron chi connectivity index (χ3n) is 8.95. The van der Waals surface area contributed by atoms with Crippen molar-refractivity contribution in [3.63, 3.8) is 0 Å². The lowest BCUT2D eigenvalue weighted by Crippen LogP contribution is -2.34. The number of ether oxygens (including phenoxy) is 1. The molecule has 0 saturated carbocycles. The van der Waals surface area contributed by atoms with Gasteiger partial charge in [0.15, 0.2) is 0 Å². The molecule has 1 aromatic heterocycles. The highest BCUT2D eigenvalue weighted by Gasteiger charge is 2.26. The van der Waals surface area contributed by atoms with Crippen LogP contribution in [0.5, 0.6) is 5.75 Å². The van der Waals surface area contributed by atoms with E-state index in [9.17, 15) is 18.3 Å². The molecular formula is C38H40ClN3O5S. The topological polar surface area (TPSA) is 101 Å². The van der Waals surface area contributed by atoms with Crippen molar-refractivity contribution < 1.29 is 23.1 Å². The minimum absolute atomic E-state index is 0.0730. The van der Waals surface area contributed by atoms with Gasteiger partial charge in [-0.15, -0.1) is 0 Å². The highest BCUT2D eigenvalue weighted by atomic mass is 35.5. The van der Waals surface area contributed by atoms with Gasteiger partial charge < -0.3 is 19.3 Å². The number of carboxylic acids is 1. The number of carbonyl (C=O) groups is 1. The number of fused-ring (bicyclic) bond motifs is 1. The second-order valence-electron chi connectivity index (χ2n) is 12.1. The average molecular weight is 686 g/mol. The Morgan fingerprint density at radius 1 is 0.875 bits per heavy atom. The normalized spacial score (nSPS) is 13.8. The number of nitrogens with zero attached hydrogens (tertiary/aromatic N) is 2. The zero-order chi connectivity index (χ0) is 33.5. The predicted octanol–water partition coefficient (Wildman–Crippen LogP) is 6.81. The van der Waals surface area contributed by atoms with E-state index in [-0.39, 0.29) is 23.9 Å². The fourth-order valence-corrected chi connectivity index (χ4v) is 7.85. The smallest absolute Gasteiger partial charge is 0.335 e. The molecule has 2 heterocycles. The number of carboxylic acid groups (broad SMARTS) is 1. The van der Waals surface area contributed by atoms with Crippen LogP contribution in [0.15, 0.2) is 103 Å². The fraction of sp³-hybridized carbons (Fsp3) is 0.289. The number of hydrogen-bond acceptors (Lipinski definition) is 5. The summed E-state index contributed by atoms with van der Waals surface area (Å²) >= 11 is 6.65. The lowest BCUT2D eigenvalue weighted by atomic mass is 9.97. The molecular weight excluding hydrogens is 646 g/mol. The molecule has 0 bridgehead atoms. The van der Waals surface area contributed by atoms with E-state index in [2.05, 4.69) is 38.5 Å². The van der Waals surface area contributed by atoms with E-state index in [1.54, 1.807) is 12.1 Å². The van der Waals surface area contributed by atoms with E-state index in [4.69, 9.17) is 16.3 Å². The van der Waals surface area contributed by atoms with Crippen LogP contribution in [0, 0.1) is 0 Å². The molecule has 0 aliphatic carbocycles. The van der Waals surface area contributed by atoms with E-state index in [0.29, 0.717) is 36.8 Å². The molecule has 1 aliphatic rings. The zero-order valence-corrected chi connectivity index (χ0v) is 28.3. The molecule has 0 spiro atoms. The minimum atomic E-state index is -3.48. The number of halogens is 1. The summed E-state index contributed by atoms with van der Waals surface area (Å²) in [7, 11) is -3.48. The van der Waals surface area contributed by atoms with Crippen molar-refractivity contribution in [3.05, 3.63) is 136 Å².